The molecule has 1 N–H and O–H groups in total. The zero-order valence-corrected chi connectivity index (χ0v) is 17.2. The largest absolute Gasteiger partial charge is 0.497 e. The van der Waals surface area contributed by atoms with E-state index in [0.29, 0.717) is 11.3 Å². The van der Waals surface area contributed by atoms with Crippen LogP contribution >= 0.6 is 0 Å². The van der Waals surface area contributed by atoms with Gasteiger partial charge >= 0.3 is 5.97 Å². The molecule has 0 amide bonds. The minimum atomic E-state index is -3.70. The topological polar surface area (TPSA) is 100 Å². The first-order valence-electron chi connectivity index (χ1n) is 8.63. The van der Waals surface area contributed by atoms with E-state index in [2.05, 4.69) is 4.72 Å². The van der Waals surface area contributed by atoms with Crippen molar-refractivity contribution < 1.29 is 32.2 Å². The molecule has 29 heavy (non-hydrogen) atoms. The van der Waals surface area contributed by atoms with E-state index in [1.165, 1.54) is 38.4 Å². The number of hydrogen-bond donors (Lipinski definition) is 1. The average Bonchev–Trinajstić information content (AvgIpc) is 2.75. The first kappa shape index (κ1) is 22.3. The molecule has 0 bridgehead atoms. The Labute approximate surface area is 170 Å². The third-order valence-corrected chi connectivity index (χ3v) is 5.25. The van der Waals surface area contributed by atoms with Gasteiger partial charge in [-0.1, -0.05) is 6.07 Å². The lowest BCUT2D eigenvalue weighted by Gasteiger charge is -2.09. The Hall–Kier alpha value is -3.04. The molecule has 0 spiro atoms. The number of methoxy groups -OCH3 is 2. The second kappa shape index (κ2) is 10.5. The summed E-state index contributed by atoms with van der Waals surface area (Å²) in [5, 5.41) is 0. The summed E-state index contributed by atoms with van der Waals surface area (Å²) in [5.74, 6) is 0.985. The fourth-order valence-electron chi connectivity index (χ4n) is 2.30. The van der Waals surface area contributed by atoms with Crippen LogP contribution in [0.4, 0.5) is 0 Å². The highest BCUT2D eigenvalue weighted by Crippen LogP contribution is 2.25. The molecule has 0 radical (unpaired) electrons. The van der Waals surface area contributed by atoms with Gasteiger partial charge in [0.25, 0.3) is 0 Å². The van der Waals surface area contributed by atoms with Gasteiger partial charge in [-0.25, -0.2) is 17.9 Å². The smallest absolute Gasteiger partial charge is 0.330 e. The Morgan fingerprint density at radius 1 is 1.00 bits per heavy atom. The number of ether oxygens (including phenoxy) is 4. The predicted molar refractivity (Wildman–Crippen MR) is 108 cm³/mol. The molecule has 0 unspecified atom stereocenters. The van der Waals surface area contributed by atoms with Crippen LogP contribution in [-0.2, 0) is 19.6 Å². The maximum atomic E-state index is 12.1. The van der Waals surface area contributed by atoms with Crippen LogP contribution in [0.3, 0.4) is 0 Å². The third kappa shape index (κ3) is 6.51. The molecular formula is C20H23NO7S. The van der Waals surface area contributed by atoms with Gasteiger partial charge in [-0.05, 0) is 55.1 Å². The molecule has 2 rings (SSSR count). The molecule has 8 nitrogen and oxygen atoms in total. The SMILES string of the molecule is CNS(=O)(=O)c1cc(/C=C/C(=O)OCCOc2ccc(OC)cc2)ccc1OC. The van der Waals surface area contributed by atoms with Gasteiger partial charge in [0.1, 0.15) is 35.4 Å². The lowest BCUT2D eigenvalue weighted by Crippen LogP contribution is -2.19. The van der Waals surface area contributed by atoms with Crippen molar-refractivity contribution >= 4 is 22.1 Å². The summed E-state index contributed by atoms with van der Waals surface area (Å²) in [6, 6.07) is 11.6. The second-order valence-corrected chi connectivity index (χ2v) is 7.50. The van der Waals surface area contributed by atoms with E-state index in [-0.39, 0.29) is 23.9 Å². The number of benzene rings is 2. The van der Waals surface area contributed by atoms with Crippen molar-refractivity contribution in [2.45, 2.75) is 4.90 Å². The summed E-state index contributed by atoms with van der Waals surface area (Å²) in [6.45, 7) is 0.260. The van der Waals surface area contributed by atoms with Gasteiger partial charge in [-0.15, -0.1) is 0 Å². The lowest BCUT2D eigenvalue weighted by atomic mass is 10.2. The maximum absolute atomic E-state index is 12.1. The number of hydrogen-bond acceptors (Lipinski definition) is 7. The fourth-order valence-corrected chi connectivity index (χ4v) is 3.23. The molecule has 9 heteroatoms. The van der Waals surface area contributed by atoms with Gasteiger partial charge in [0.05, 0.1) is 14.2 Å². The minimum absolute atomic E-state index is 0.0223. The monoisotopic (exact) mass is 421 g/mol. The van der Waals surface area contributed by atoms with Gasteiger partial charge in [-0.3, -0.25) is 0 Å². The van der Waals surface area contributed by atoms with Gasteiger partial charge in [-0.2, -0.15) is 0 Å². The van der Waals surface area contributed by atoms with E-state index >= 15 is 0 Å². The molecular weight excluding hydrogens is 398 g/mol. The van der Waals surface area contributed by atoms with Gasteiger partial charge in [0.2, 0.25) is 10.0 Å². The zero-order chi connectivity index (χ0) is 21.3. The maximum Gasteiger partial charge on any atom is 0.330 e. The van der Waals surface area contributed by atoms with Crippen molar-refractivity contribution in [2.24, 2.45) is 0 Å². The van der Waals surface area contributed by atoms with Crippen molar-refractivity contribution in [2.75, 3.05) is 34.5 Å². The van der Waals surface area contributed by atoms with E-state index in [4.69, 9.17) is 18.9 Å². The van der Waals surface area contributed by atoms with Crippen LogP contribution in [0.1, 0.15) is 5.56 Å². The van der Waals surface area contributed by atoms with E-state index < -0.39 is 16.0 Å². The van der Waals surface area contributed by atoms with E-state index in [9.17, 15) is 13.2 Å². The molecule has 0 atom stereocenters. The zero-order valence-electron chi connectivity index (χ0n) is 16.4. The van der Waals surface area contributed by atoms with Crippen LogP contribution in [0, 0.1) is 0 Å². The molecule has 0 aliphatic heterocycles. The minimum Gasteiger partial charge on any atom is -0.497 e. The summed E-state index contributed by atoms with van der Waals surface area (Å²) in [7, 11) is 0.567. The molecule has 156 valence electrons. The van der Waals surface area contributed by atoms with Crippen LogP contribution in [0.15, 0.2) is 53.4 Å². The Morgan fingerprint density at radius 3 is 2.31 bits per heavy atom. The Morgan fingerprint density at radius 2 is 1.69 bits per heavy atom. The average molecular weight is 421 g/mol. The summed E-state index contributed by atoms with van der Waals surface area (Å²) in [4.78, 5) is 11.8. The van der Waals surface area contributed by atoms with E-state index in [1.807, 2.05) is 0 Å². The number of sulfonamides is 1. The van der Waals surface area contributed by atoms with Gasteiger partial charge in [0, 0.05) is 6.08 Å². The normalized spacial score (nSPS) is 11.3. The summed E-state index contributed by atoms with van der Waals surface area (Å²) < 4.78 is 47.0. The van der Waals surface area contributed by atoms with Gasteiger partial charge in [0.15, 0.2) is 0 Å². The van der Waals surface area contributed by atoms with E-state index in [0.717, 1.165) is 5.75 Å². The Bertz CT molecular complexity index is 953. The highest BCUT2D eigenvalue weighted by atomic mass is 32.2. The molecule has 0 saturated carbocycles. The van der Waals surface area contributed by atoms with Gasteiger partial charge < -0.3 is 18.9 Å². The Kier molecular flexibility index (Phi) is 8.05. The molecule has 0 aliphatic carbocycles. The fraction of sp³-hybridized carbons (Fsp3) is 0.250. The van der Waals surface area contributed by atoms with Crippen molar-refractivity contribution in [1.82, 2.24) is 4.72 Å². The molecule has 0 saturated heterocycles. The summed E-state index contributed by atoms with van der Waals surface area (Å²) in [5.41, 5.74) is 0.506. The summed E-state index contributed by atoms with van der Waals surface area (Å²) >= 11 is 0. The Balaban J connectivity index is 1.89. The van der Waals surface area contributed by atoms with Crippen molar-refractivity contribution in [3.05, 3.63) is 54.1 Å². The van der Waals surface area contributed by atoms with Crippen molar-refractivity contribution in [3.63, 3.8) is 0 Å². The highest BCUT2D eigenvalue weighted by Gasteiger charge is 2.17. The van der Waals surface area contributed by atoms with Crippen molar-refractivity contribution in [1.29, 1.82) is 0 Å². The van der Waals surface area contributed by atoms with Crippen LogP contribution in [0.25, 0.3) is 6.08 Å². The quantitative estimate of drug-likeness (QED) is 0.357. The van der Waals surface area contributed by atoms with Crippen LogP contribution in [0.5, 0.6) is 17.2 Å². The second-order valence-electron chi connectivity index (χ2n) is 5.64. The summed E-state index contributed by atoms with van der Waals surface area (Å²) in [6.07, 6.45) is 2.67. The van der Waals surface area contributed by atoms with Crippen molar-refractivity contribution in [3.8, 4) is 17.2 Å². The highest BCUT2D eigenvalue weighted by molar-refractivity contribution is 7.89. The first-order valence-corrected chi connectivity index (χ1v) is 10.1. The van der Waals surface area contributed by atoms with Crippen LogP contribution in [-0.4, -0.2) is 48.9 Å². The third-order valence-electron chi connectivity index (χ3n) is 3.81. The predicted octanol–water partition coefficient (Wildman–Crippen LogP) is 2.25. The van der Waals surface area contributed by atoms with Crippen LogP contribution < -0.4 is 18.9 Å². The van der Waals surface area contributed by atoms with Crippen LogP contribution in [0.2, 0.25) is 0 Å². The number of carbonyl (C=O) groups excluding carboxylic acids is 1. The molecule has 2 aromatic rings. The molecule has 0 aliphatic rings. The molecule has 0 fully saturated rings. The lowest BCUT2D eigenvalue weighted by molar-refractivity contribution is -0.138. The molecule has 0 heterocycles. The standard InChI is InChI=1S/C20H23NO7S/c1-21-29(23,24)19-14-15(4-10-18(19)26-3)5-11-20(22)28-13-12-27-17-8-6-16(25-2)7-9-17/h4-11,14,21H,12-13H2,1-3H3/b11-5+. The number of esters is 1. The number of rotatable bonds is 10. The number of carbonyl (C=O) groups is 1. The van der Waals surface area contributed by atoms with E-state index in [1.54, 1.807) is 37.4 Å². The first-order chi connectivity index (χ1) is 13.9. The molecule has 0 aromatic heterocycles. The number of nitrogens with one attached hydrogen (secondary N) is 1. The molecule has 2 aromatic carbocycles.